The maximum atomic E-state index is 13.4. The van der Waals surface area contributed by atoms with Crippen LogP contribution in [0.2, 0.25) is 0 Å². The highest BCUT2D eigenvalue weighted by Crippen LogP contribution is 2.29. The fraction of sp³-hybridized carbons (Fsp3) is 0.222. The summed E-state index contributed by atoms with van der Waals surface area (Å²) in [7, 11) is 1.53. The van der Waals surface area contributed by atoms with Gasteiger partial charge in [0.15, 0.2) is 5.76 Å². The third-order valence-electron chi connectivity index (χ3n) is 5.64. The highest BCUT2D eigenvalue weighted by atomic mass is 19.1. The molecule has 8 heteroatoms. The second-order valence-corrected chi connectivity index (χ2v) is 8.04. The van der Waals surface area contributed by atoms with Crippen LogP contribution in [0.5, 0.6) is 5.75 Å². The number of rotatable bonds is 10. The molecule has 3 N–H and O–H groups in total. The molecule has 0 aliphatic heterocycles. The fourth-order valence-corrected chi connectivity index (χ4v) is 3.84. The van der Waals surface area contributed by atoms with Gasteiger partial charge in [0.2, 0.25) is 5.89 Å². The minimum Gasteiger partial charge on any atom is -0.496 e. The van der Waals surface area contributed by atoms with Gasteiger partial charge in [-0.05, 0) is 35.7 Å². The SMILES string of the molecule is COc1cc2ccccc2cc1C(=O)N[C@@H](CCCNC(=N)CF)c1ncc(-c2ccccc2)o1. The number of amidine groups is 1. The maximum Gasteiger partial charge on any atom is 0.255 e. The first kappa shape index (κ1) is 23.9. The number of nitrogens with zero attached hydrogens (tertiary/aromatic N) is 1. The molecule has 0 aliphatic rings. The Labute approximate surface area is 202 Å². The Bertz CT molecular complexity index is 1310. The molecule has 1 amide bonds. The van der Waals surface area contributed by atoms with Crippen LogP contribution < -0.4 is 15.4 Å². The zero-order chi connectivity index (χ0) is 24.6. The van der Waals surface area contributed by atoms with Crippen molar-refractivity contribution in [3.05, 3.63) is 84.4 Å². The molecular weight excluding hydrogens is 447 g/mol. The van der Waals surface area contributed by atoms with E-state index in [1.54, 1.807) is 12.3 Å². The Balaban J connectivity index is 1.57. The lowest BCUT2D eigenvalue weighted by atomic mass is 10.0. The molecule has 0 saturated carbocycles. The molecule has 35 heavy (non-hydrogen) atoms. The molecule has 4 rings (SSSR count). The average Bonchev–Trinajstić information content (AvgIpc) is 3.40. The molecule has 180 valence electrons. The average molecular weight is 475 g/mol. The monoisotopic (exact) mass is 474 g/mol. The molecule has 1 atom stereocenters. The molecule has 0 bridgehead atoms. The third kappa shape index (κ3) is 5.84. The van der Waals surface area contributed by atoms with Gasteiger partial charge in [0.25, 0.3) is 5.91 Å². The van der Waals surface area contributed by atoms with Crippen LogP contribution in [0.3, 0.4) is 0 Å². The summed E-state index contributed by atoms with van der Waals surface area (Å²) in [5.41, 5.74) is 1.29. The van der Waals surface area contributed by atoms with Gasteiger partial charge in [0.1, 0.15) is 24.3 Å². The number of hydrogen-bond donors (Lipinski definition) is 3. The fourth-order valence-electron chi connectivity index (χ4n) is 3.84. The van der Waals surface area contributed by atoms with E-state index >= 15 is 0 Å². The zero-order valence-corrected chi connectivity index (χ0v) is 19.4. The number of alkyl halides is 1. The summed E-state index contributed by atoms with van der Waals surface area (Å²) in [4.78, 5) is 17.8. The summed E-state index contributed by atoms with van der Waals surface area (Å²) >= 11 is 0. The van der Waals surface area contributed by atoms with Crippen molar-refractivity contribution >= 4 is 22.5 Å². The molecule has 1 aromatic heterocycles. The molecule has 0 aliphatic carbocycles. The number of carbonyl (C=O) groups excluding carboxylic acids is 1. The highest BCUT2D eigenvalue weighted by Gasteiger charge is 2.23. The van der Waals surface area contributed by atoms with Gasteiger partial charge in [-0.25, -0.2) is 9.37 Å². The number of amides is 1. The van der Waals surface area contributed by atoms with Crippen LogP contribution >= 0.6 is 0 Å². The first-order valence-electron chi connectivity index (χ1n) is 11.3. The van der Waals surface area contributed by atoms with E-state index in [4.69, 9.17) is 14.6 Å². The topological polar surface area (TPSA) is 100 Å². The van der Waals surface area contributed by atoms with E-state index in [1.807, 2.05) is 60.7 Å². The van der Waals surface area contributed by atoms with Crippen molar-refractivity contribution in [1.82, 2.24) is 15.6 Å². The number of hydrogen-bond acceptors (Lipinski definition) is 5. The van der Waals surface area contributed by atoms with Crippen LogP contribution in [0.15, 0.2) is 77.3 Å². The Morgan fingerprint density at radius 1 is 1.11 bits per heavy atom. The van der Waals surface area contributed by atoms with Crippen molar-refractivity contribution < 1.29 is 18.3 Å². The minimum absolute atomic E-state index is 0.172. The maximum absolute atomic E-state index is 13.4. The van der Waals surface area contributed by atoms with Crippen LogP contribution in [0.25, 0.3) is 22.1 Å². The number of benzene rings is 3. The van der Waals surface area contributed by atoms with Gasteiger partial charge < -0.3 is 19.8 Å². The van der Waals surface area contributed by atoms with Crippen molar-refractivity contribution in [3.8, 4) is 17.1 Å². The standard InChI is InChI=1S/C27H27FN4O3/c1-34-23-15-20-11-6-5-10-19(20)14-21(23)26(33)32-22(12-7-13-30-25(29)16-28)27-31-17-24(35-27)18-8-3-2-4-9-18/h2-6,8-11,14-15,17,22H,7,12-13,16H2,1H3,(H2,29,30)(H,32,33)/t22-/m0/s1. The minimum atomic E-state index is -0.845. The van der Waals surface area contributed by atoms with Crippen LogP contribution in [-0.4, -0.2) is 37.1 Å². The smallest absolute Gasteiger partial charge is 0.255 e. The van der Waals surface area contributed by atoms with E-state index in [-0.39, 0.29) is 11.7 Å². The van der Waals surface area contributed by atoms with E-state index in [2.05, 4.69) is 15.6 Å². The van der Waals surface area contributed by atoms with E-state index in [9.17, 15) is 9.18 Å². The van der Waals surface area contributed by atoms with Crippen LogP contribution in [0.4, 0.5) is 4.39 Å². The largest absolute Gasteiger partial charge is 0.496 e. The number of halogens is 1. The summed E-state index contributed by atoms with van der Waals surface area (Å²) in [5, 5.41) is 15.1. The summed E-state index contributed by atoms with van der Waals surface area (Å²) in [6.07, 6.45) is 2.67. The molecule has 7 nitrogen and oxygen atoms in total. The van der Waals surface area contributed by atoms with Crippen molar-refractivity contribution in [3.63, 3.8) is 0 Å². The van der Waals surface area contributed by atoms with Gasteiger partial charge in [0, 0.05) is 12.1 Å². The lowest BCUT2D eigenvalue weighted by Crippen LogP contribution is -2.31. The van der Waals surface area contributed by atoms with E-state index in [0.29, 0.717) is 42.4 Å². The molecule has 0 saturated heterocycles. The van der Waals surface area contributed by atoms with Gasteiger partial charge in [0.05, 0.1) is 18.9 Å². The Morgan fingerprint density at radius 3 is 2.54 bits per heavy atom. The summed E-state index contributed by atoms with van der Waals surface area (Å²) in [6.45, 7) is -0.456. The predicted octanol–water partition coefficient (Wildman–Crippen LogP) is 5.29. The number of methoxy groups -OCH3 is 1. The number of nitrogens with one attached hydrogen (secondary N) is 3. The van der Waals surface area contributed by atoms with Crippen molar-refractivity contribution in [2.45, 2.75) is 18.9 Å². The van der Waals surface area contributed by atoms with Gasteiger partial charge >= 0.3 is 0 Å². The van der Waals surface area contributed by atoms with Crippen molar-refractivity contribution in [1.29, 1.82) is 5.41 Å². The molecule has 1 heterocycles. The second-order valence-electron chi connectivity index (χ2n) is 8.04. The van der Waals surface area contributed by atoms with E-state index < -0.39 is 12.7 Å². The molecule has 0 unspecified atom stereocenters. The summed E-state index contributed by atoms with van der Waals surface area (Å²) < 4.78 is 24.1. The molecule has 3 aromatic carbocycles. The van der Waals surface area contributed by atoms with Gasteiger partial charge in [-0.1, -0.05) is 54.6 Å². The number of oxazole rings is 1. The summed E-state index contributed by atoms with van der Waals surface area (Å²) in [5.74, 6) is 0.948. The zero-order valence-electron chi connectivity index (χ0n) is 19.4. The van der Waals surface area contributed by atoms with Gasteiger partial charge in [-0.2, -0.15) is 0 Å². The normalized spacial score (nSPS) is 11.7. The number of carbonyl (C=O) groups is 1. The Hall–Kier alpha value is -4.20. The van der Waals surface area contributed by atoms with Crippen molar-refractivity contribution in [2.24, 2.45) is 0 Å². The lowest BCUT2D eigenvalue weighted by molar-refractivity contribution is 0.0924. The second kappa shape index (κ2) is 11.3. The molecule has 0 radical (unpaired) electrons. The molecule has 0 spiro atoms. The Morgan fingerprint density at radius 2 is 1.83 bits per heavy atom. The summed E-state index contributed by atoms with van der Waals surface area (Å²) in [6, 6.07) is 20.4. The van der Waals surface area contributed by atoms with E-state index in [1.165, 1.54) is 7.11 Å². The molecule has 0 fully saturated rings. The number of ether oxygens (including phenoxy) is 1. The lowest BCUT2D eigenvalue weighted by Gasteiger charge is -2.18. The first-order chi connectivity index (χ1) is 17.1. The Kier molecular flexibility index (Phi) is 7.72. The van der Waals surface area contributed by atoms with Crippen molar-refractivity contribution in [2.75, 3.05) is 20.3 Å². The number of fused-ring (bicyclic) bond motifs is 1. The number of aromatic nitrogens is 1. The molecule has 4 aromatic rings. The van der Waals surface area contributed by atoms with Gasteiger partial charge in [-0.15, -0.1) is 0 Å². The first-order valence-corrected chi connectivity index (χ1v) is 11.3. The quantitative estimate of drug-likeness (QED) is 0.165. The molecular formula is C27H27FN4O3. The third-order valence-corrected chi connectivity index (χ3v) is 5.64. The van der Waals surface area contributed by atoms with Crippen LogP contribution in [0, 0.1) is 5.41 Å². The predicted molar refractivity (Wildman–Crippen MR) is 134 cm³/mol. The van der Waals surface area contributed by atoms with Gasteiger partial charge in [-0.3, -0.25) is 10.2 Å². The van der Waals surface area contributed by atoms with Crippen LogP contribution in [0.1, 0.15) is 35.1 Å². The highest BCUT2D eigenvalue weighted by molar-refractivity contribution is 6.01. The van der Waals surface area contributed by atoms with Crippen LogP contribution in [-0.2, 0) is 0 Å². The van der Waals surface area contributed by atoms with E-state index in [0.717, 1.165) is 16.3 Å².